The number of aliphatic hydroxyl groups is 1. The van der Waals surface area contributed by atoms with Gasteiger partial charge in [0, 0.05) is 6.20 Å². The van der Waals surface area contributed by atoms with Gasteiger partial charge in [0.2, 0.25) is 10.0 Å². The molecule has 1 aliphatic rings. The lowest BCUT2D eigenvalue weighted by Gasteiger charge is -2.27. The van der Waals surface area contributed by atoms with Crippen molar-refractivity contribution < 1.29 is 18.3 Å². The summed E-state index contributed by atoms with van der Waals surface area (Å²) in [5.74, 6) is 0.443. The van der Waals surface area contributed by atoms with Crippen LogP contribution in [0.3, 0.4) is 0 Å². The summed E-state index contributed by atoms with van der Waals surface area (Å²) < 4.78 is 33.2. The van der Waals surface area contributed by atoms with Crippen molar-refractivity contribution in [3.05, 3.63) is 53.3 Å². The Morgan fingerprint density at radius 3 is 2.73 bits per heavy atom. The number of sulfonamides is 1. The van der Waals surface area contributed by atoms with Crippen molar-refractivity contribution >= 4 is 27.3 Å². The van der Waals surface area contributed by atoms with E-state index in [1.54, 1.807) is 18.3 Å². The van der Waals surface area contributed by atoms with Gasteiger partial charge in [-0.3, -0.25) is 9.71 Å². The first-order valence-electron chi connectivity index (χ1n) is 8.48. The van der Waals surface area contributed by atoms with E-state index in [0.717, 1.165) is 18.5 Å². The lowest BCUT2D eigenvalue weighted by atomic mass is 9.97. The number of benzene rings is 1. The average molecular weight is 397 g/mol. The molecule has 6 nitrogen and oxygen atoms in total. The van der Waals surface area contributed by atoms with Crippen LogP contribution in [0.4, 0.5) is 5.69 Å². The molecule has 0 amide bonds. The van der Waals surface area contributed by atoms with Crippen LogP contribution in [0.2, 0.25) is 5.02 Å². The fourth-order valence-corrected chi connectivity index (χ4v) is 4.86. The zero-order valence-electron chi connectivity index (χ0n) is 14.1. The van der Waals surface area contributed by atoms with Crippen molar-refractivity contribution in [3.8, 4) is 5.75 Å². The maximum Gasteiger partial charge on any atom is 0.238 e. The Morgan fingerprint density at radius 2 is 2.04 bits per heavy atom. The quantitative estimate of drug-likeness (QED) is 0.781. The Hall–Kier alpha value is -1.83. The zero-order chi connectivity index (χ0) is 18.6. The zero-order valence-corrected chi connectivity index (χ0v) is 15.7. The number of ether oxygens (including phenoxy) is 1. The number of nitrogens with one attached hydrogen (secondary N) is 1. The molecule has 3 rings (SSSR count). The summed E-state index contributed by atoms with van der Waals surface area (Å²) in [6, 6.07) is 10.2. The third kappa shape index (κ3) is 4.66. The molecule has 2 aromatic rings. The standard InChI is InChI=1S/C18H21ClN2O4S/c19-15-11-13(21-26(23,24)18-7-2-1-6-16(18)22)8-9-17(15)25-12-14-5-3-4-10-20-14/h3-5,8-11,16,18,21-22H,1-2,6-7,12H2. The number of nitrogens with zero attached hydrogens (tertiary/aromatic N) is 1. The van der Waals surface area contributed by atoms with E-state index < -0.39 is 21.4 Å². The molecule has 1 aromatic carbocycles. The van der Waals surface area contributed by atoms with E-state index in [0.29, 0.717) is 29.3 Å². The van der Waals surface area contributed by atoms with Crippen LogP contribution in [-0.2, 0) is 16.6 Å². The van der Waals surface area contributed by atoms with E-state index in [1.165, 1.54) is 6.07 Å². The highest BCUT2D eigenvalue weighted by Gasteiger charge is 2.34. The molecule has 0 radical (unpaired) electrons. The molecule has 1 aliphatic carbocycles. The molecule has 0 spiro atoms. The van der Waals surface area contributed by atoms with E-state index in [1.807, 2.05) is 18.2 Å². The van der Waals surface area contributed by atoms with Gasteiger partial charge in [-0.05, 0) is 43.2 Å². The Labute approximate surface area is 158 Å². The molecule has 1 saturated carbocycles. The number of hydrogen-bond acceptors (Lipinski definition) is 5. The summed E-state index contributed by atoms with van der Waals surface area (Å²) in [4.78, 5) is 4.16. The fraction of sp³-hybridized carbons (Fsp3) is 0.389. The van der Waals surface area contributed by atoms with Crippen molar-refractivity contribution in [2.75, 3.05) is 4.72 Å². The van der Waals surface area contributed by atoms with E-state index >= 15 is 0 Å². The number of aliphatic hydroxyl groups excluding tert-OH is 1. The minimum Gasteiger partial charge on any atom is -0.486 e. The van der Waals surface area contributed by atoms with Crippen molar-refractivity contribution in [1.29, 1.82) is 0 Å². The van der Waals surface area contributed by atoms with Gasteiger partial charge >= 0.3 is 0 Å². The second-order valence-corrected chi connectivity index (χ2v) is 8.60. The van der Waals surface area contributed by atoms with Gasteiger partial charge in [-0.2, -0.15) is 0 Å². The molecule has 26 heavy (non-hydrogen) atoms. The first kappa shape index (κ1) is 18.9. The smallest absolute Gasteiger partial charge is 0.238 e. The van der Waals surface area contributed by atoms with Gasteiger partial charge in [0.15, 0.2) is 0 Å². The lowest BCUT2D eigenvalue weighted by Crippen LogP contribution is -2.40. The molecule has 0 bridgehead atoms. The van der Waals surface area contributed by atoms with Gasteiger partial charge in [-0.15, -0.1) is 0 Å². The number of pyridine rings is 1. The van der Waals surface area contributed by atoms with E-state index in [9.17, 15) is 13.5 Å². The monoisotopic (exact) mass is 396 g/mol. The highest BCUT2D eigenvalue weighted by atomic mass is 35.5. The molecule has 2 atom stereocenters. The van der Waals surface area contributed by atoms with Gasteiger partial charge in [-0.25, -0.2) is 8.42 Å². The Morgan fingerprint density at radius 1 is 1.23 bits per heavy atom. The number of halogens is 1. The van der Waals surface area contributed by atoms with Gasteiger partial charge < -0.3 is 9.84 Å². The molecular formula is C18H21ClN2O4S. The third-order valence-electron chi connectivity index (χ3n) is 4.36. The summed E-state index contributed by atoms with van der Waals surface area (Å²) in [5.41, 5.74) is 1.11. The second kappa shape index (κ2) is 8.24. The molecule has 2 N–H and O–H groups in total. The van der Waals surface area contributed by atoms with Crippen LogP contribution < -0.4 is 9.46 Å². The molecule has 2 unspecified atom stereocenters. The first-order chi connectivity index (χ1) is 12.5. The minimum absolute atomic E-state index is 0.264. The van der Waals surface area contributed by atoms with Crippen LogP contribution in [-0.4, -0.2) is 29.9 Å². The van der Waals surface area contributed by atoms with E-state index in [-0.39, 0.29) is 6.61 Å². The molecule has 140 valence electrons. The van der Waals surface area contributed by atoms with Crippen LogP contribution in [0.25, 0.3) is 0 Å². The van der Waals surface area contributed by atoms with Crippen LogP contribution in [0.5, 0.6) is 5.75 Å². The van der Waals surface area contributed by atoms with Crippen LogP contribution in [0.1, 0.15) is 31.4 Å². The molecule has 1 fully saturated rings. The highest BCUT2D eigenvalue weighted by Crippen LogP contribution is 2.30. The molecule has 0 aliphatic heterocycles. The first-order valence-corrected chi connectivity index (χ1v) is 10.4. The van der Waals surface area contributed by atoms with Crippen LogP contribution >= 0.6 is 11.6 Å². The summed E-state index contributed by atoms with van der Waals surface area (Å²) in [7, 11) is -3.68. The number of hydrogen-bond donors (Lipinski definition) is 2. The van der Waals surface area contributed by atoms with Gasteiger partial charge in [0.25, 0.3) is 0 Å². The number of rotatable bonds is 6. The SMILES string of the molecule is O=S(=O)(Nc1ccc(OCc2ccccn2)c(Cl)c1)C1CCCCC1O. The van der Waals surface area contributed by atoms with Crippen molar-refractivity contribution in [2.24, 2.45) is 0 Å². The Balaban J connectivity index is 1.67. The summed E-state index contributed by atoms with van der Waals surface area (Å²) in [6.07, 6.45) is 3.45. The predicted molar refractivity (Wildman–Crippen MR) is 101 cm³/mol. The number of aromatic nitrogens is 1. The predicted octanol–water partition coefficient (Wildman–Crippen LogP) is 3.36. The summed E-state index contributed by atoms with van der Waals surface area (Å²) in [6.45, 7) is 0.264. The van der Waals surface area contributed by atoms with Gasteiger partial charge in [0.1, 0.15) is 17.6 Å². The minimum atomic E-state index is -3.68. The summed E-state index contributed by atoms with van der Waals surface area (Å²) >= 11 is 6.21. The fourth-order valence-electron chi connectivity index (χ4n) is 3.00. The summed E-state index contributed by atoms with van der Waals surface area (Å²) in [5, 5.41) is 9.49. The molecule has 1 aromatic heterocycles. The molecule has 1 heterocycles. The number of anilines is 1. The van der Waals surface area contributed by atoms with Crippen molar-refractivity contribution in [3.63, 3.8) is 0 Å². The maximum atomic E-state index is 12.5. The average Bonchev–Trinajstić information content (AvgIpc) is 2.62. The maximum absolute atomic E-state index is 12.5. The van der Waals surface area contributed by atoms with Gasteiger partial charge in [0.05, 0.1) is 22.5 Å². The molecular weight excluding hydrogens is 376 g/mol. The van der Waals surface area contributed by atoms with Gasteiger partial charge in [-0.1, -0.05) is 30.5 Å². The van der Waals surface area contributed by atoms with Crippen LogP contribution in [0.15, 0.2) is 42.6 Å². The largest absolute Gasteiger partial charge is 0.486 e. The second-order valence-electron chi connectivity index (χ2n) is 6.29. The molecule has 8 heteroatoms. The van der Waals surface area contributed by atoms with Crippen LogP contribution in [0, 0.1) is 0 Å². The Kier molecular flexibility index (Phi) is 6.01. The molecule has 0 saturated heterocycles. The van der Waals surface area contributed by atoms with Crippen molar-refractivity contribution in [1.82, 2.24) is 4.98 Å². The highest BCUT2D eigenvalue weighted by molar-refractivity contribution is 7.93. The Bertz CT molecular complexity index is 846. The normalized spacial score (nSPS) is 20.5. The van der Waals surface area contributed by atoms with E-state index in [2.05, 4.69) is 9.71 Å². The topological polar surface area (TPSA) is 88.5 Å². The van der Waals surface area contributed by atoms with E-state index in [4.69, 9.17) is 16.3 Å². The lowest BCUT2D eigenvalue weighted by molar-refractivity contribution is 0.133. The third-order valence-corrected chi connectivity index (χ3v) is 6.52. The van der Waals surface area contributed by atoms with Crippen molar-refractivity contribution in [2.45, 2.75) is 43.6 Å².